The lowest BCUT2D eigenvalue weighted by Crippen LogP contribution is -2.23. The molecule has 2 aromatic carbocycles. The van der Waals surface area contributed by atoms with Crippen LogP contribution < -0.4 is 4.72 Å². The predicted molar refractivity (Wildman–Crippen MR) is 92.7 cm³/mol. The summed E-state index contributed by atoms with van der Waals surface area (Å²) in [6.45, 7) is 0. The zero-order valence-electron chi connectivity index (χ0n) is 13.7. The molecule has 132 valence electrons. The van der Waals surface area contributed by atoms with Gasteiger partial charge in [0.25, 0.3) is 15.7 Å². The third kappa shape index (κ3) is 4.77. The Morgan fingerprint density at radius 3 is 2.36 bits per heavy atom. The lowest BCUT2D eigenvalue weighted by molar-refractivity contribution is -0.385. The molecule has 0 bridgehead atoms. The minimum atomic E-state index is -3.95. The lowest BCUT2D eigenvalue weighted by Gasteiger charge is -2.11. The van der Waals surface area contributed by atoms with Gasteiger partial charge in [0.2, 0.25) is 5.91 Å². The van der Waals surface area contributed by atoms with E-state index in [4.69, 9.17) is 0 Å². The number of nitro groups is 1. The maximum Gasteiger partial charge on any atom is 0.270 e. The van der Waals surface area contributed by atoms with E-state index in [1.807, 2.05) is 0 Å². The van der Waals surface area contributed by atoms with Crippen LogP contribution in [0, 0.1) is 10.1 Å². The fourth-order valence-electron chi connectivity index (χ4n) is 2.00. The zero-order valence-corrected chi connectivity index (χ0v) is 14.5. The van der Waals surface area contributed by atoms with Gasteiger partial charge in [0, 0.05) is 31.9 Å². The van der Waals surface area contributed by atoms with Crippen molar-refractivity contribution in [2.45, 2.75) is 11.3 Å². The van der Waals surface area contributed by atoms with Crippen LogP contribution in [0.25, 0.3) is 0 Å². The van der Waals surface area contributed by atoms with Crippen molar-refractivity contribution in [2.75, 3.05) is 18.8 Å². The Kier molecular flexibility index (Phi) is 5.38. The molecule has 0 aliphatic carbocycles. The zero-order chi connectivity index (χ0) is 18.6. The molecule has 0 saturated carbocycles. The van der Waals surface area contributed by atoms with Crippen molar-refractivity contribution >= 4 is 27.3 Å². The Hall–Kier alpha value is -2.94. The average molecular weight is 363 g/mol. The highest BCUT2D eigenvalue weighted by Gasteiger charge is 2.17. The smallest absolute Gasteiger partial charge is 0.270 e. The van der Waals surface area contributed by atoms with E-state index in [9.17, 15) is 23.3 Å². The van der Waals surface area contributed by atoms with Gasteiger partial charge in [0.05, 0.1) is 16.2 Å². The summed E-state index contributed by atoms with van der Waals surface area (Å²) in [5, 5.41) is 10.8. The molecule has 2 rings (SSSR count). The van der Waals surface area contributed by atoms with Gasteiger partial charge in [-0.15, -0.1) is 0 Å². The molecule has 0 aliphatic rings. The Bertz CT molecular complexity index is 892. The van der Waals surface area contributed by atoms with Crippen LogP contribution in [0.5, 0.6) is 0 Å². The number of amides is 1. The van der Waals surface area contributed by atoms with Gasteiger partial charge in [-0.2, -0.15) is 0 Å². The Labute approximate surface area is 145 Å². The number of sulfonamides is 1. The molecule has 0 unspecified atom stereocenters. The van der Waals surface area contributed by atoms with E-state index in [0.29, 0.717) is 5.69 Å². The van der Waals surface area contributed by atoms with Crippen molar-refractivity contribution in [3.8, 4) is 0 Å². The number of carbonyl (C=O) groups is 1. The van der Waals surface area contributed by atoms with Crippen molar-refractivity contribution in [3.63, 3.8) is 0 Å². The van der Waals surface area contributed by atoms with E-state index in [1.165, 1.54) is 35.2 Å². The van der Waals surface area contributed by atoms with Crippen LogP contribution in [0.2, 0.25) is 0 Å². The summed E-state index contributed by atoms with van der Waals surface area (Å²) in [5.74, 6) is -0.0649. The number of likely N-dealkylation sites (N-methyl/N-ethyl adjacent to an activating group) is 1. The molecule has 1 N–H and O–H groups in total. The van der Waals surface area contributed by atoms with E-state index in [2.05, 4.69) is 4.72 Å². The molecule has 2 aromatic rings. The maximum atomic E-state index is 12.3. The van der Waals surface area contributed by atoms with Crippen LogP contribution in [0.4, 0.5) is 11.4 Å². The normalized spacial score (nSPS) is 11.0. The number of carbonyl (C=O) groups excluding carboxylic acids is 1. The predicted octanol–water partition coefficient (Wildman–Crippen LogP) is 2.03. The minimum Gasteiger partial charge on any atom is -0.349 e. The fraction of sp³-hybridized carbons (Fsp3) is 0.188. The molecule has 9 heteroatoms. The van der Waals surface area contributed by atoms with E-state index in [0.717, 1.165) is 11.6 Å². The fourth-order valence-corrected chi connectivity index (χ4v) is 3.10. The summed E-state index contributed by atoms with van der Waals surface area (Å²) in [7, 11) is -0.635. The summed E-state index contributed by atoms with van der Waals surface area (Å²) < 4.78 is 27.0. The van der Waals surface area contributed by atoms with Crippen LogP contribution in [0.3, 0.4) is 0 Å². The van der Waals surface area contributed by atoms with Crippen molar-refractivity contribution in [1.82, 2.24) is 4.90 Å². The van der Waals surface area contributed by atoms with E-state index in [1.54, 1.807) is 26.2 Å². The number of benzene rings is 2. The van der Waals surface area contributed by atoms with Crippen LogP contribution in [-0.4, -0.2) is 38.2 Å². The molecule has 8 nitrogen and oxygen atoms in total. The van der Waals surface area contributed by atoms with Gasteiger partial charge in [-0.25, -0.2) is 8.42 Å². The van der Waals surface area contributed by atoms with Crippen molar-refractivity contribution < 1.29 is 18.1 Å². The molecule has 0 atom stereocenters. The minimum absolute atomic E-state index is 0.0649. The van der Waals surface area contributed by atoms with Gasteiger partial charge in [0.15, 0.2) is 0 Å². The topological polar surface area (TPSA) is 110 Å². The third-order valence-corrected chi connectivity index (χ3v) is 4.78. The number of rotatable bonds is 6. The highest BCUT2D eigenvalue weighted by Crippen LogP contribution is 2.20. The second kappa shape index (κ2) is 7.31. The Morgan fingerprint density at radius 1 is 1.16 bits per heavy atom. The van der Waals surface area contributed by atoms with Gasteiger partial charge in [-0.1, -0.05) is 18.2 Å². The first-order valence-electron chi connectivity index (χ1n) is 7.25. The third-order valence-electron chi connectivity index (χ3n) is 3.40. The van der Waals surface area contributed by atoms with E-state index >= 15 is 0 Å². The number of non-ortho nitro benzene ring substituents is 1. The van der Waals surface area contributed by atoms with Crippen molar-refractivity contribution in [3.05, 3.63) is 64.2 Å². The Balaban J connectivity index is 2.17. The molecule has 0 spiro atoms. The number of anilines is 1. The summed E-state index contributed by atoms with van der Waals surface area (Å²) >= 11 is 0. The monoisotopic (exact) mass is 363 g/mol. The molecule has 0 aliphatic heterocycles. The summed E-state index contributed by atoms with van der Waals surface area (Å²) in [5.41, 5.74) is 0.741. The van der Waals surface area contributed by atoms with Crippen LogP contribution in [0.1, 0.15) is 5.56 Å². The molecular weight excluding hydrogens is 346 g/mol. The van der Waals surface area contributed by atoms with Gasteiger partial charge < -0.3 is 4.90 Å². The first kappa shape index (κ1) is 18.4. The summed E-state index contributed by atoms with van der Waals surface area (Å²) in [6.07, 6.45) is 0.213. The molecule has 0 saturated heterocycles. The second-order valence-electron chi connectivity index (χ2n) is 5.52. The van der Waals surface area contributed by atoms with Gasteiger partial charge in [-0.3, -0.25) is 19.6 Å². The largest absolute Gasteiger partial charge is 0.349 e. The molecule has 1 amide bonds. The van der Waals surface area contributed by atoms with Crippen LogP contribution >= 0.6 is 0 Å². The van der Waals surface area contributed by atoms with Crippen LogP contribution in [0.15, 0.2) is 53.4 Å². The standard InChI is InChI=1S/C16H17N3O5S/c1-18(2)16(20)10-12-6-8-13(9-7-12)17-25(23,24)15-5-3-4-14(11-15)19(21)22/h3-9,11,17H,10H2,1-2H3. The number of nitrogens with one attached hydrogen (secondary N) is 1. The quantitative estimate of drug-likeness (QED) is 0.624. The van der Waals surface area contributed by atoms with Crippen molar-refractivity contribution in [1.29, 1.82) is 0 Å². The molecule has 0 radical (unpaired) electrons. The number of hydrogen-bond acceptors (Lipinski definition) is 5. The average Bonchev–Trinajstić information content (AvgIpc) is 2.56. The molecule has 0 fully saturated rings. The molecule has 0 aromatic heterocycles. The van der Waals surface area contributed by atoms with E-state index < -0.39 is 14.9 Å². The van der Waals surface area contributed by atoms with Gasteiger partial charge in [0.1, 0.15) is 0 Å². The molecular formula is C16H17N3O5S. The maximum absolute atomic E-state index is 12.3. The summed E-state index contributed by atoms with van der Waals surface area (Å²) in [4.78, 5) is 23.0. The first-order valence-corrected chi connectivity index (χ1v) is 8.74. The van der Waals surface area contributed by atoms with Gasteiger partial charge >= 0.3 is 0 Å². The second-order valence-corrected chi connectivity index (χ2v) is 7.20. The number of nitrogens with zero attached hydrogens (tertiary/aromatic N) is 2. The molecule has 25 heavy (non-hydrogen) atoms. The number of nitro benzene ring substituents is 1. The molecule has 0 heterocycles. The highest BCUT2D eigenvalue weighted by atomic mass is 32.2. The SMILES string of the molecule is CN(C)C(=O)Cc1ccc(NS(=O)(=O)c2cccc([N+](=O)[O-])c2)cc1. The van der Waals surface area contributed by atoms with Crippen molar-refractivity contribution in [2.24, 2.45) is 0 Å². The first-order chi connectivity index (χ1) is 11.7. The Morgan fingerprint density at radius 2 is 1.80 bits per heavy atom. The van der Waals surface area contributed by atoms with Crippen LogP contribution in [-0.2, 0) is 21.2 Å². The number of hydrogen-bond donors (Lipinski definition) is 1. The van der Waals surface area contributed by atoms with E-state index in [-0.39, 0.29) is 22.9 Å². The highest BCUT2D eigenvalue weighted by molar-refractivity contribution is 7.92. The summed E-state index contributed by atoms with van der Waals surface area (Å²) in [6, 6.07) is 11.2. The lowest BCUT2D eigenvalue weighted by atomic mass is 10.1. The van der Waals surface area contributed by atoms with Gasteiger partial charge in [-0.05, 0) is 23.8 Å².